The topological polar surface area (TPSA) is 52.6 Å². The number of hydrogen-bond donors (Lipinski definition) is 2. The Hall–Kier alpha value is -1.05. The first-order valence-electron chi connectivity index (χ1n) is 8.97. The van der Waals surface area contributed by atoms with Gasteiger partial charge in [0.2, 0.25) is 0 Å². The van der Waals surface area contributed by atoms with Crippen molar-refractivity contribution in [3.05, 3.63) is 24.4 Å². The van der Waals surface area contributed by atoms with Gasteiger partial charge in [0.25, 0.3) is 0 Å². The molecule has 0 aliphatic carbocycles. The van der Waals surface area contributed by atoms with Crippen LogP contribution in [0.5, 0.6) is 0 Å². The number of guanidine groups is 1. The molecule has 24 heavy (non-hydrogen) atoms. The number of piperidine rings is 1. The minimum absolute atomic E-state index is 0. The summed E-state index contributed by atoms with van der Waals surface area (Å²) in [5, 5.41) is 6.77. The van der Waals surface area contributed by atoms with Gasteiger partial charge in [-0.15, -0.1) is 24.0 Å². The smallest absolute Gasteiger partial charge is 0.193 e. The molecular weight excluding hydrogens is 413 g/mol. The Kier molecular flexibility index (Phi) is 10.8. The Balaban J connectivity index is 0.00000288. The largest absolute Gasteiger partial charge is 0.370 e. The highest BCUT2D eigenvalue weighted by atomic mass is 127. The Bertz CT molecular complexity index is 458. The fourth-order valence-electron chi connectivity index (χ4n) is 2.75. The molecule has 0 aromatic carbocycles. The maximum absolute atomic E-state index is 4.79. The lowest BCUT2D eigenvalue weighted by molar-refractivity contribution is 0.273. The lowest BCUT2D eigenvalue weighted by atomic mass is 10.00. The Morgan fingerprint density at radius 3 is 2.75 bits per heavy atom. The summed E-state index contributed by atoms with van der Waals surface area (Å²) in [6.07, 6.45) is 6.57. The predicted octanol–water partition coefficient (Wildman–Crippen LogP) is 3.59. The highest BCUT2D eigenvalue weighted by Gasteiger charge is 2.18. The second-order valence-corrected chi connectivity index (χ2v) is 6.25. The van der Waals surface area contributed by atoms with Crippen LogP contribution in [-0.2, 0) is 0 Å². The van der Waals surface area contributed by atoms with E-state index in [2.05, 4.69) is 34.4 Å². The fraction of sp³-hybridized carbons (Fsp3) is 0.667. The number of likely N-dealkylation sites (tertiary alicyclic amines) is 1. The summed E-state index contributed by atoms with van der Waals surface area (Å²) in [5.41, 5.74) is 0. The van der Waals surface area contributed by atoms with Gasteiger partial charge in [0.05, 0.1) is 0 Å². The maximum Gasteiger partial charge on any atom is 0.193 e. The number of aromatic nitrogens is 1. The molecule has 0 atom stereocenters. The van der Waals surface area contributed by atoms with E-state index < -0.39 is 0 Å². The molecule has 2 rings (SSSR count). The quantitative estimate of drug-likeness (QED) is 0.292. The fourth-order valence-corrected chi connectivity index (χ4v) is 2.75. The van der Waals surface area contributed by atoms with Crippen molar-refractivity contribution >= 4 is 35.8 Å². The zero-order valence-electron chi connectivity index (χ0n) is 15.0. The van der Waals surface area contributed by atoms with E-state index in [1.165, 1.54) is 12.8 Å². The van der Waals surface area contributed by atoms with Gasteiger partial charge in [-0.25, -0.2) is 4.98 Å². The van der Waals surface area contributed by atoms with Crippen LogP contribution in [0.25, 0.3) is 0 Å². The second kappa shape index (κ2) is 12.3. The molecule has 2 N–H and O–H groups in total. The van der Waals surface area contributed by atoms with Crippen molar-refractivity contribution < 1.29 is 0 Å². The molecule has 0 radical (unpaired) electrons. The molecule has 1 aromatic heterocycles. The summed E-state index contributed by atoms with van der Waals surface area (Å²) in [6, 6.07) is 5.93. The molecule has 1 aliphatic rings. The predicted molar refractivity (Wildman–Crippen MR) is 113 cm³/mol. The monoisotopic (exact) mass is 445 g/mol. The first kappa shape index (κ1) is 21.0. The van der Waals surface area contributed by atoms with Crippen molar-refractivity contribution in [2.45, 2.75) is 39.5 Å². The van der Waals surface area contributed by atoms with Gasteiger partial charge in [-0.05, 0) is 50.7 Å². The number of nitrogens with one attached hydrogen (secondary N) is 2. The Morgan fingerprint density at radius 2 is 2.08 bits per heavy atom. The molecular formula is C18H32IN5. The Labute approximate surface area is 163 Å². The molecule has 0 bridgehead atoms. The second-order valence-electron chi connectivity index (χ2n) is 6.25. The Morgan fingerprint density at radius 1 is 1.29 bits per heavy atom. The van der Waals surface area contributed by atoms with Crippen molar-refractivity contribution in [1.82, 2.24) is 15.2 Å². The molecule has 0 amide bonds. The molecule has 0 saturated carbocycles. The van der Waals surface area contributed by atoms with Crippen LogP contribution in [-0.4, -0.2) is 48.6 Å². The van der Waals surface area contributed by atoms with E-state index in [1.54, 1.807) is 0 Å². The molecule has 136 valence electrons. The number of aliphatic imine (C=N–C) groups is 1. The molecule has 1 aromatic rings. The number of anilines is 1. The number of nitrogens with zero attached hydrogens (tertiary/aromatic N) is 3. The van der Waals surface area contributed by atoms with Crippen molar-refractivity contribution in [3.8, 4) is 0 Å². The minimum Gasteiger partial charge on any atom is -0.370 e. The normalized spacial score (nSPS) is 15.8. The van der Waals surface area contributed by atoms with Crippen molar-refractivity contribution in [2.24, 2.45) is 10.9 Å². The lowest BCUT2D eigenvalue weighted by Gasteiger charge is -2.33. The van der Waals surface area contributed by atoms with Gasteiger partial charge >= 0.3 is 0 Å². The molecule has 5 nitrogen and oxygen atoms in total. The average molecular weight is 445 g/mol. The van der Waals surface area contributed by atoms with Crippen LogP contribution in [0.15, 0.2) is 29.4 Å². The van der Waals surface area contributed by atoms with Crippen LogP contribution < -0.4 is 10.6 Å². The molecule has 1 fully saturated rings. The molecule has 6 heteroatoms. The van der Waals surface area contributed by atoms with Crippen LogP contribution in [0.1, 0.15) is 39.5 Å². The van der Waals surface area contributed by atoms with Gasteiger partial charge in [0, 0.05) is 38.9 Å². The van der Waals surface area contributed by atoms with Crippen molar-refractivity contribution in [1.29, 1.82) is 0 Å². The maximum atomic E-state index is 4.79. The van der Waals surface area contributed by atoms with Crippen LogP contribution >= 0.6 is 24.0 Å². The average Bonchev–Trinajstić information content (AvgIpc) is 2.59. The minimum atomic E-state index is 0. The van der Waals surface area contributed by atoms with Gasteiger partial charge in [-0.2, -0.15) is 0 Å². The van der Waals surface area contributed by atoms with Gasteiger partial charge < -0.3 is 15.5 Å². The molecule has 2 heterocycles. The first-order valence-corrected chi connectivity index (χ1v) is 8.97. The highest BCUT2D eigenvalue weighted by molar-refractivity contribution is 14.0. The third-order valence-electron chi connectivity index (χ3n) is 4.24. The molecule has 1 aliphatic heterocycles. The summed E-state index contributed by atoms with van der Waals surface area (Å²) in [4.78, 5) is 11.5. The number of pyridine rings is 1. The van der Waals surface area contributed by atoms with Crippen molar-refractivity contribution in [3.63, 3.8) is 0 Å². The SMILES string of the molecule is CCNC(=NCCCCNc1ccccn1)N1CCC(C)CC1.I. The number of rotatable bonds is 7. The third-order valence-corrected chi connectivity index (χ3v) is 4.24. The van der Waals surface area contributed by atoms with Gasteiger partial charge in [-0.3, -0.25) is 4.99 Å². The van der Waals surface area contributed by atoms with E-state index in [0.29, 0.717) is 0 Å². The van der Waals surface area contributed by atoms with E-state index >= 15 is 0 Å². The van der Waals surface area contributed by atoms with Gasteiger partial charge in [0.1, 0.15) is 5.82 Å². The number of hydrogen-bond acceptors (Lipinski definition) is 3. The summed E-state index contributed by atoms with van der Waals surface area (Å²) in [5.74, 6) is 2.90. The molecule has 0 unspecified atom stereocenters. The van der Waals surface area contributed by atoms with Gasteiger partial charge in [-0.1, -0.05) is 13.0 Å². The standard InChI is InChI=1S/C18H31N5.HI/c1-3-19-18(23-14-9-16(2)10-15-23)22-13-7-6-12-21-17-8-4-5-11-20-17;/h4-5,8,11,16H,3,6-7,9-10,12-15H2,1-2H3,(H,19,22)(H,20,21);1H. The number of unbranched alkanes of at least 4 members (excludes halogenated alkanes) is 1. The number of halogens is 1. The summed E-state index contributed by atoms with van der Waals surface area (Å²) < 4.78 is 0. The lowest BCUT2D eigenvalue weighted by Crippen LogP contribution is -2.45. The van der Waals surface area contributed by atoms with E-state index in [-0.39, 0.29) is 24.0 Å². The van der Waals surface area contributed by atoms with Crippen LogP contribution in [0.4, 0.5) is 5.82 Å². The third kappa shape index (κ3) is 7.68. The van der Waals surface area contributed by atoms with Crippen LogP contribution in [0.3, 0.4) is 0 Å². The first-order chi connectivity index (χ1) is 11.3. The zero-order chi connectivity index (χ0) is 16.3. The van der Waals surface area contributed by atoms with Crippen LogP contribution in [0, 0.1) is 5.92 Å². The van der Waals surface area contributed by atoms with Crippen LogP contribution in [0.2, 0.25) is 0 Å². The summed E-state index contributed by atoms with van der Waals surface area (Å²) in [6.45, 7) is 9.52. The van der Waals surface area contributed by atoms with Crippen molar-refractivity contribution in [2.75, 3.05) is 38.0 Å². The van der Waals surface area contributed by atoms with E-state index in [9.17, 15) is 0 Å². The van der Waals surface area contributed by atoms with E-state index in [4.69, 9.17) is 4.99 Å². The highest BCUT2D eigenvalue weighted by Crippen LogP contribution is 2.15. The molecule has 0 spiro atoms. The summed E-state index contributed by atoms with van der Waals surface area (Å²) >= 11 is 0. The van der Waals surface area contributed by atoms with Gasteiger partial charge in [0.15, 0.2) is 5.96 Å². The zero-order valence-corrected chi connectivity index (χ0v) is 17.3. The van der Waals surface area contributed by atoms with E-state index in [0.717, 1.165) is 63.3 Å². The van der Waals surface area contributed by atoms with E-state index in [1.807, 2.05) is 24.4 Å². The summed E-state index contributed by atoms with van der Waals surface area (Å²) in [7, 11) is 0. The molecule has 1 saturated heterocycles.